The standard InChI is InChI=1S/C36H36N4O2/c1-6-7-10-31-24(4)38-25(5)36(31)19-26-12-13-29(17-27(26)20-36)39-30-14-15-37-32(18-30)35(42)40-21-28(16-23(3)41)34-22(2)9-8-11-33(34)40/h6-15,17-18,28,38H,1,5,16,19-21H2,2-4H3,(H,37,39)/b10-7-. The number of nitrogens with one attached hydrogen (secondary N) is 2. The Bertz CT molecular complexity index is 1710. The second-order valence-corrected chi connectivity index (χ2v) is 11.7. The molecule has 6 rings (SSSR count). The fraction of sp³-hybridized carbons (Fsp3) is 0.250. The molecule has 1 aliphatic carbocycles. The van der Waals surface area contributed by atoms with Crippen LogP contribution in [0.4, 0.5) is 17.1 Å². The number of Topliss-reactive ketones (excluding diaryl/α,β-unsaturated/α-hetero) is 1. The van der Waals surface area contributed by atoms with Crippen LogP contribution in [0.1, 0.15) is 58.9 Å². The van der Waals surface area contributed by atoms with Gasteiger partial charge in [-0.05, 0) is 91.8 Å². The number of pyridine rings is 1. The molecular formula is C36H36N4O2. The predicted molar refractivity (Wildman–Crippen MR) is 169 cm³/mol. The summed E-state index contributed by atoms with van der Waals surface area (Å²) in [5.74, 6) is -0.0459. The molecule has 3 aliphatic rings. The number of carbonyl (C=O) groups is 2. The number of allylic oxidation sites excluding steroid dienone is 5. The van der Waals surface area contributed by atoms with E-state index < -0.39 is 0 Å². The highest BCUT2D eigenvalue weighted by Crippen LogP contribution is 2.51. The lowest BCUT2D eigenvalue weighted by Gasteiger charge is -2.26. The summed E-state index contributed by atoms with van der Waals surface area (Å²) in [6.45, 7) is 14.4. The minimum absolute atomic E-state index is 0.00350. The molecule has 42 heavy (non-hydrogen) atoms. The number of nitrogens with zero attached hydrogens (tertiary/aromatic N) is 2. The van der Waals surface area contributed by atoms with Crippen LogP contribution in [-0.4, -0.2) is 23.2 Å². The Labute approximate surface area is 247 Å². The largest absolute Gasteiger partial charge is 0.362 e. The third-order valence-corrected chi connectivity index (χ3v) is 8.88. The molecule has 1 aromatic heterocycles. The Kier molecular flexibility index (Phi) is 6.93. The molecule has 2 atom stereocenters. The summed E-state index contributed by atoms with van der Waals surface area (Å²) >= 11 is 0. The zero-order valence-electron chi connectivity index (χ0n) is 24.5. The van der Waals surface area contributed by atoms with Crippen molar-refractivity contribution < 1.29 is 9.59 Å². The Hall–Kier alpha value is -4.71. The highest BCUT2D eigenvalue weighted by Gasteiger charge is 2.46. The Morgan fingerprint density at radius 2 is 1.90 bits per heavy atom. The zero-order valence-corrected chi connectivity index (χ0v) is 24.5. The minimum atomic E-state index is -0.165. The summed E-state index contributed by atoms with van der Waals surface area (Å²) in [6, 6.07) is 16.1. The van der Waals surface area contributed by atoms with Gasteiger partial charge in [-0.2, -0.15) is 0 Å². The molecule has 0 radical (unpaired) electrons. The maximum Gasteiger partial charge on any atom is 0.276 e. The number of rotatable bonds is 7. The minimum Gasteiger partial charge on any atom is -0.362 e. The summed E-state index contributed by atoms with van der Waals surface area (Å²) in [5.41, 5.74) is 11.0. The predicted octanol–water partition coefficient (Wildman–Crippen LogP) is 7.07. The normalized spacial score (nSPS) is 20.7. The summed E-state index contributed by atoms with van der Waals surface area (Å²) < 4.78 is 0. The first-order valence-corrected chi connectivity index (χ1v) is 14.4. The average molecular weight is 557 g/mol. The number of ketones is 1. The molecule has 3 aromatic rings. The van der Waals surface area contributed by atoms with Crippen molar-refractivity contribution in [3.8, 4) is 0 Å². The summed E-state index contributed by atoms with van der Waals surface area (Å²) in [5, 5.41) is 6.98. The van der Waals surface area contributed by atoms with Gasteiger partial charge in [0, 0.05) is 59.0 Å². The van der Waals surface area contributed by atoms with Gasteiger partial charge in [0.05, 0.1) is 0 Å². The Balaban J connectivity index is 1.23. The van der Waals surface area contributed by atoms with Crippen LogP contribution >= 0.6 is 0 Å². The molecule has 0 bridgehead atoms. The van der Waals surface area contributed by atoms with Crippen LogP contribution in [0.15, 0.2) is 103 Å². The Morgan fingerprint density at radius 1 is 1.12 bits per heavy atom. The quantitative estimate of drug-likeness (QED) is 0.304. The molecule has 0 saturated carbocycles. The molecule has 2 aliphatic heterocycles. The van der Waals surface area contributed by atoms with Gasteiger partial charge in [0.15, 0.2) is 0 Å². The average Bonchev–Trinajstić information content (AvgIpc) is 3.59. The lowest BCUT2D eigenvalue weighted by atomic mass is 9.76. The van der Waals surface area contributed by atoms with Crippen LogP contribution in [-0.2, 0) is 17.6 Å². The van der Waals surface area contributed by atoms with E-state index in [0.29, 0.717) is 18.7 Å². The number of benzene rings is 2. The third kappa shape index (κ3) is 4.67. The van der Waals surface area contributed by atoms with Gasteiger partial charge in [-0.25, -0.2) is 0 Å². The number of aromatic nitrogens is 1. The van der Waals surface area contributed by atoms with Crippen molar-refractivity contribution in [3.63, 3.8) is 0 Å². The van der Waals surface area contributed by atoms with E-state index in [9.17, 15) is 9.59 Å². The van der Waals surface area contributed by atoms with Crippen LogP contribution in [0.5, 0.6) is 0 Å². The van der Waals surface area contributed by atoms with Crippen LogP contribution < -0.4 is 15.5 Å². The number of carbonyl (C=O) groups excluding carboxylic acids is 2. The van der Waals surface area contributed by atoms with Crippen molar-refractivity contribution in [1.82, 2.24) is 10.3 Å². The topological polar surface area (TPSA) is 74.3 Å². The molecule has 2 N–H and O–H groups in total. The fourth-order valence-electron chi connectivity index (χ4n) is 7.02. The first-order chi connectivity index (χ1) is 20.2. The van der Waals surface area contributed by atoms with E-state index in [1.807, 2.05) is 37.3 Å². The first-order valence-electron chi connectivity index (χ1n) is 14.4. The molecule has 2 aromatic carbocycles. The molecule has 0 fully saturated rings. The summed E-state index contributed by atoms with van der Waals surface area (Å²) in [6.07, 6.45) is 9.80. The van der Waals surface area contributed by atoms with E-state index in [-0.39, 0.29) is 23.0 Å². The first kappa shape index (κ1) is 27.5. The van der Waals surface area contributed by atoms with Gasteiger partial charge < -0.3 is 20.3 Å². The molecule has 212 valence electrons. The van der Waals surface area contributed by atoms with E-state index in [2.05, 4.69) is 60.0 Å². The maximum atomic E-state index is 13.7. The number of hydrogen-bond acceptors (Lipinski definition) is 5. The van der Waals surface area contributed by atoms with Crippen molar-refractivity contribution in [2.45, 2.75) is 46.0 Å². The number of amides is 1. The molecular weight excluding hydrogens is 520 g/mol. The summed E-state index contributed by atoms with van der Waals surface area (Å²) in [7, 11) is 0. The number of hydrogen-bond donors (Lipinski definition) is 2. The van der Waals surface area contributed by atoms with Gasteiger partial charge in [-0.1, -0.05) is 49.6 Å². The van der Waals surface area contributed by atoms with E-state index in [1.54, 1.807) is 30.2 Å². The highest BCUT2D eigenvalue weighted by molar-refractivity contribution is 6.07. The fourth-order valence-corrected chi connectivity index (χ4v) is 7.02. The third-order valence-electron chi connectivity index (χ3n) is 8.88. The Morgan fingerprint density at radius 3 is 2.69 bits per heavy atom. The van der Waals surface area contributed by atoms with E-state index in [4.69, 9.17) is 0 Å². The van der Waals surface area contributed by atoms with Crippen molar-refractivity contribution in [1.29, 1.82) is 0 Å². The SMILES string of the molecule is C=C/C=C\C1=C(C)NC(=C)C12Cc1ccc(Nc3ccnc(C(=O)N4CC(CC(C)=O)c5c(C)cccc54)c3)cc1C2. The highest BCUT2D eigenvalue weighted by atomic mass is 16.2. The van der Waals surface area contributed by atoms with Gasteiger partial charge in [-0.3, -0.25) is 9.78 Å². The van der Waals surface area contributed by atoms with Gasteiger partial charge >= 0.3 is 0 Å². The van der Waals surface area contributed by atoms with E-state index >= 15 is 0 Å². The molecule has 6 nitrogen and oxygen atoms in total. The lowest BCUT2D eigenvalue weighted by Crippen LogP contribution is -2.30. The molecule has 2 unspecified atom stereocenters. The van der Waals surface area contributed by atoms with Gasteiger partial charge in [0.25, 0.3) is 5.91 Å². The van der Waals surface area contributed by atoms with Crippen molar-refractivity contribution in [3.05, 3.63) is 131 Å². The van der Waals surface area contributed by atoms with Crippen LogP contribution in [0, 0.1) is 12.3 Å². The molecule has 6 heteroatoms. The summed E-state index contributed by atoms with van der Waals surface area (Å²) in [4.78, 5) is 31.9. The van der Waals surface area contributed by atoms with E-state index in [0.717, 1.165) is 52.4 Å². The van der Waals surface area contributed by atoms with Crippen LogP contribution in [0.25, 0.3) is 0 Å². The van der Waals surface area contributed by atoms with Crippen LogP contribution in [0.2, 0.25) is 0 Å². The van der Waals surface area contributed by atoms with Crippen molar-refractivity contribution >= 4 is 28.8 Å². The van der Waals surface area contributed by atoms with Gasteiger partial charge in [0.1, 0.15) is 11.5 Å². The second kappa shape index (κ2) is 10.6. The lowest BCUT2D eigenvalue weighted by molar-refractivity contribution is -0.117. The van der Waals surface area contributed by atoms with Crippen molar-refractivity contribution in [2.24, 2.45) is 5.41 Å². The van der Waals surface area contributed by atoms with Gasteiger partial charge in [0.2, 0.25) is 0 Å². The van der Waals surface area contributed by atoms with Gasteiger partial charge in [-0.15, -0.1) is 0 Å². The molecule has 1 amide bonds. The smallest absolute Gasteiger partial charge is 0.276 e. The number of anilines is 3. The van der Waals surface area contributed by atoms with E-state index in [1.165, 1.54) is 16.7 Å². The zero-order chi connectivity index (χ0) is 29.6. The molecule has 0 saturated heterocycles. The number of aryl methyl sites for hydroxylation is 1. The molecule has 1 spiro atoms. The number of fused-ring (bicyclic) bond motifs is 2. The maximum absolute atomic E-state index is 13.7. The second-order valence-electron chi connectivity index (χ2n) is 11.7. The van der Waals surface area contributed by atoms with Crippen molar-refractivity contribution in [2.75, 3.05) is 16.8 Å². The molecule has 3 heterocycles. The monoisotopic (exact) mass is 556 g/mol. The van der Waals surface area contributed by atoms with Crippen LogP contribution in [0.3, 0.4) is 0 Å².